The van der Waals surface area contributed by atoms with Gasteiger partial charge in [0.2, 0.25) is 5.91 Å². The van der Waals surface area contributed by atoms with Crippen LogP contribution in [0.4, 0.5) is 0 Å². The molecule has 4 nitrogen and oxygen atoms in total. The third-order valence-corrected chi connectivity index (χ3v) is 5.55. The number of nitrogens with one attached hydrogen (secondary N) is 1. The fourth-order valence-electron chi connectivity index (χ4n) is 2.40. The Balaban J connectivity index is 1.96. The zero-order chi connectivity index (χ0) is 15.5. The average molecular weight is 307 g/mol. The van der Waals surface area contributed by atoms with Crippen LogP contribution >= 0.6 is 0 Å². The molecule has 1 unspecified atom stereocenters. The maximum Gasteiger partial charge on any atom is 0.223 e. The van der Waals surface area contributed by atoms with E-state index >= 15 is 0 Å². The number of benzene rings is 1. The van der Waals surface area contributed by atoms with Crippen molar-refractivity contribution in [3.8, 4) is 0 Å². The first-order valence-electron chi connectivity index (χ1n) is 7.13. The van der Waals surface area contributed by atoms with Gasteiger partial charge in [0, 0.05) is 12.0 Å². The number of allylic oxidation sites excluding steroid dienone is 2. The van der Waals surface area contributed by atoms with Crippen LogP contribution in [0, 0.1) is 12.8 Å². The molecule has 1 amide bonds. The van der Waals surface area contributed by atoms with E-state index in [0.717, 1.165) is 18.4 Å². The van der Waals surface area contributed by atoms with Crippen molar-refractivity contribution in [2.24, 2.45) is 5.92 Å². The lowest BCUT2D eigenvalue weighted by molar-refractivity contribution is -0.125. The molecule has 0 spiro atoms. The maximum absolute atomic E-state index is 12.3. The lowest BCUT2D eigenvalue weighted by Crippen LogP contribution is -2.40. The number of carbonyl (C=O) groups is 1. The fourth-order valence-corrected chi connectivity index (χ4v) is 3.89. The van der Waals surface area contributed by atoms with Gasteiger partial charge in [-0.15, -0.1) is 0 Å². The lowest BCUT2D eigenvalue weighted by atomic mass is 10.1. The van der Waals surface area contributed by atoms with Crippen LogP contribution < -0.4 is 5.32 Å². The topological polar surface area (TPSA) is 63.2 Å². The molecule has 0 saturated carbocycles. The first kappa shape index (κ1) is 15.8. The van der Waals surface area contributed by atoms with Crippen molar-refractivity contribution >= 4 is 15.7 Å². The largest absolute Gasteiger partial charge is 0.352 e. The van der Waals surface area contributed by atoms with Crippen LogP contribution in [-0.4, -0.2) is 26.1 Å². The fraction of sp³-hybridized carbons (Fsp3) is 0.438. The van der Waals surface area contributed by atoms with Crippen molar-refractivity contribution in [2.45, 2.75) is 37.6 Å². The van der Waals surface area contributed by atoms with E-state index in [1.54, 1.807) is 31.2 Å². The third kappa shape index (κ3) is 4.17. The summed E-state index contributed by atoms with van der Waals surface area (Å²) in [7, 11) is -3.38. The summed E-state index contributed by atoms with van der Waals surface area (Å²) < 4.78 is 24.6. The van der Waals surface area contributed by atoms with E-state index in [9.17, 15) is 13.2 Å². The van der Waals surface area contributed by atoms with E-state index in [2.05, 4.69) is 5.32 Å². The summed E-state index contributed by atoms with van der Waals surface area (Å²) >= 11 is 0. The number of sulfone groups is 1. The quantitative estimate of drug-likeness (QED) is 0.849. The second-order valence-electron chi connectivity index (χ2n) is 5.64. The molecular formula is C16H21NO3S. The molecule has 0 fully saturated rings. The number of amides is 1. The smallest absolute Gasteiger partial charge is 0.223 e. The summed E-state index contributed by atoms with van der Waals surface area (Å²) in [5, 5.41) is 2.80. The first-order valence-corrected chi connectivity index (χ1v) is 8.78. The Bertz CT molecular complexity index is 624. The van der Waals surface area contributed by atoms with Gasteiger partial charge in [-0.1, -0.05) is 29.8 Å². The minimum absolute atomic E-state index is 0.0467. The van der Waals surface area contributed by atoms with Crippen molar-refractivity contribution in [3.05, 3.63) is 42.0 Å². The van der Waals surface area contributed by atoms with Gasteiger partial charge in [-0.2, -0.15) is 0 Å². The predicted molar refractivity (Wildman–Crippen MR) is 82.7 cm³/mol. The van der Waals surface area contributed by atoms with E-state index in [1.165, 1.54) is 0 Å². The molecule has 1 N–H and O–H groups in total. The number of hydrogen-bond donors (Lipinski definition) is 1. The highest BCUT2D eigenvalue weighted by Crippen LogP contribution is 2.18. The van der Waals surface area contributed by atoms with Crippen LogP contribution in [0.15, 0.2) is 41.3 Å². The van der Waals surface area contributed by atoms with E-state index in [1.807, 2.05) is 19.1 Å². The zero-order valence-corrected chi connectivity index (χ0v) is 13.2. The molecule has 0 aliphatic heterocycles. The molecule has 1 atom stereocenters. The monoisotopic (exact) mass is 307 g/mol. The SMILES string of the molecule is Cc1ccc(S(=O)(=O)CC(C)NC(=O)C2CC=CC2)cc1. The van der Waals surface area contributed by atoms with Crippen LogP contribution in [0.3, 0.4) is 0 Å². The van der Waals surface area contributed by atoms with Gasteiger partial charge in [-0.25, -0.2) is 8.42 Å². The van der Waals surface area contributed by atoms with E-state index in [0.29, 0.717) is 4.90 Å². The Morgan fingerprint density at radius 3 is 2.38 bits per heavy atom. The van der Waals surface area contributed by atoms with E-state index in [4.69, 9.17) is 0 Å². The zero-order valence-electron chi connectivity index (χ0n) is 12.4. The number of aryl methyl sites for hydroxylation is 1. The highest BCUT2D eigenvalue weighted by molar-refractivity contribution is 7.91. The van der Waals surface area contributed by atoms with Gasteiger partial charge in [-0.05, 0) is 38.8 Å². The molecule has 1 aliphatic rings. The number of carbonyl (C=O) groups excluding carboxylic acids is 1. The van der Waals surface area contributed by atoms with Gasteiger partial charge < -0.3 is 5.32 Å². The summed E-state index contributed by atoms with van der Waals surface area (Å²) in [5.74, 6) is -0.191. The highest BCUT2D eigenvalue weighted by atomic mass is 32.2. The second-order valence-corrected chi connectivity index (χ2v) is 7.68. The summed E-state index contributed by atoms with van der Waals surface area (Å²) in [5.41, 5.74) is 1.02. The molecule has 0 bridgehead atoms. The van der Waals surface area contributed by atoms with Gasteiger partial charge in [0.1, 0.15) is 0 Å². The predicted octanol–water partition coefficient (Wildman–Crippen LogP) is 2.24. The molecule has 0 saturated heterocycles. The van der Waals surface area contributed by atoms with Gasteiger partial charge in [-0.3, -0.25) is 4.79 Å². The Morgan fingerprint density at radius 1 is 1.24 bits per heavy atom. The van der Waals surface area contributed by atoms with Crippen LogP contribution in [0.1, 0.15) is 25.3 Å². The lowest BCUT2D eigenvalue weighted by Gasteiger charge is -2.17. The van der Waals surface area contributed by atoms with E-state index in [-0.39, 0.29) is 17.6 Å². The third-order valence-electron chi connectivity index (χ3n) is 3.62. The highest BCUT2D eigenvalue weighted by Gasteiger charge is 2.24. The van der Waals surface area contributed by atoms with Crippen molar-refractivity contribution in [1.82, 2.24) is 5.32 Å². The average Bonchev–Trinajstić information content (AvgIpc) is 2.92. The van der Waals surface area contributed by atoms with Gasteiger partial charge in [0.15, 0.2) is 9.84 Å². The second kappa shape index (κ2) is 6.43. The summed E-state index contributed by atoms with van der Waals surface area (Å²) in [4.78, 5) is 12.3. The number of rotatable bonds is 5. The Labute approximate surface area is 126 Å². The Morgan fingerprint density at radius 2 is 1.81 bits per heavy atom. The molecule has 1 aliphatic carbocycles. The van der Waals surface area contributed by atoms with Gasteiger partial charge in [0.05, 0.1) is 10.6 Å². The van der Waals surface area contributed by atoms with Crippen LogP contribution in [-0.2, 0) is 14.6 Å². The summed E-state index contributed by atoms with van der Waals surface area (Å²) in [6.45, 7) is 3.64. The minimum atomic E-state index is -3.38. The van der Waals surface area contributed by atoms with E-state index < -0.39 is 15.9 Å². The Hall–Kier alpha value is -1.62. The van der Waals surface area contributed by atoms with Crippen molar-refractivity contribution in [2.75, 3.05) is 5.75 Å². The van der Waals surface area contributed by atoms with Gasteiger partial charge in [0.25, 0.3) is 0 Å². The molecule has 5 heteroatoms. The molecule has 114 valence electrons. The molecule has 0 heterocycles. The van der Waals surface area contributed by atoms with Crippen molar-refractivity contribution in [3.63, 3.8) is 0 Å². The maximum atomic E-state index is 12.3. The molecular weight excluding hydrogens is 286 g/mol. The first-order chi connectivity index (χ1) is 9.88. The molecule has 2 rings (SSSR count). The Kier molecular flexibility index (Phi) is 4.83. The molecule has 1 aromatic carbocycles. The molecule has 1 aromatic rings. The van der Waals surface area contributed by atoms with Crippen LogP contribution in [0.5, 0.6) is 0 Å². The van der Waals surface area contributed by atoms with Crippen LogP contribution in [0.2, 0.25) is 0 Å². The summed E-state index contributed by atoms with van der Waals surface area (Å²) in [6, 6.07) is 6.38. The standard InChI is InChI=1S/C16H21NO3S/c1-12-7-9-15(10-8-12)21(19,20)11-13(2)17-16(18)14-5-3-4-6-14/h3-4,7-10,13-14H,5-6,11H2,1-2H3,(H,17,18). The van der Waals surface area contributed by atoms with Crippen LogP contribution in [0.25, 0.3) is 0 Å². The molecule has 21 heavy (non-hydrogen) atoms. The number of hydrogen-bond acceptors (Lipinski definition) is 3. The normalized spacial score (nSPS) is 16.9. The molecule has 0 radical (unpaired) electrons. The van der Waals surface area contributed by atoms with Crippen molar-refractivity contribution in [1.29, 1.82) is 0 Å². The minimum Gasteiger partial charge on any atom is -0.352 e. The van der Waals surface area contributed by atoms with Crippen molar-refractivity contribution < 1.29 is 13.2 Å². The van der Waals surface area contributed by atoms with Gasteiger partial charge >= 0.3 is 0 Å². The molecule has 0 aromatic heterocycles. The summed E-state index contributed by atoms with van der Waals surface area (Å²) in [6.07, 6.45) is 5.45.